The van der Waals surface area contributed by atoms with Gasteiger partial charge in [0.2, 0.25) is 0 Å². The third-order valence-electron chi connectivity index (χ3n) is 4.33. The fourth-order valence-corrected chi connectivity index (χ4v) is 3.26. The highest BCUT2D eigenvalue weighted by molar-refractivity contribution is 14.0. The molecule has 0 bridgehead atoms. The molecule has 2 N–H and O–H groups in total. The second-order valence-electron chi connectivity index (χ2n) is 6.23. The number of guanidine groups is 1. The van der Waals surface area contributed by atoms with Crippen LogP contribution < -0.4 is 10.6 Å². The molecule has 0 radical (unpaired) electrons. The molecule has 0 saturated heterocycles. The molecule has 0 unspecified atom stereocenters. The van der Waals surface area contributed by atoms with Crippen LogP contribution in [0, 0.1) is 13.8 Å². The Kier molecular flexibility index (Phi) is 10.5. The number of aromatic nitrogens is 2. The van der Waals surface area contributed by atoms with Crippen LogP contribution in [0.15, 0.2) is 23.2 Å². The summed E-state index contributed by atoms with van der Waals surface area (Å²) in [6.45, 7) is 8.40. The van der Waals surface area contributed by atoms with Gasteiger partial charge in [0.05, 0.1) is 12.2 Å². The lowest BCUT2D eigenvalue weighted by atomic mass is 10.1. The predicted octanol–water partition coefficient (Wildman–Crippen LogP) is 4.65. The Labute approximate surface area is 188 Å². The Balaban J connectivity index is 0.00000364. The average molecular weight is 524 g/mol. The predicted molar refractivity (Wildman–Crippen MR) is 126 cm³/mol. The van der Waals surface area contributed by atoms with Gasteiger partial charge < -0.3 is 10.6 Å². The summed E-state index contributed by atoms with van der Waals surface area (Å²) in [4.78, 5) is 4.69. The van der Waals surface area contributed by atoms with Gasteiger partial charge in [-0.2, -0.15) is 5.10 Å². The number of halogens is 3. The van der Waals surface area contributed by atoms with Crippen molar-refractivity contribution >= 4 is 53.1 Å². The van der Waals surface area contributed by atoms with Crippen molar-refractivity contribution in [2.24, 2.45) is 12.0 Å². The lowest BCUT2D eigenvalue weighted by Gasteiger charge is -2.12. The van der Waals surface area contributed by atoms with Gasteiger partial charge in [0.25, 0.3) is 0 Å². The van der Waals surface area contributed by atoms with E-state index >= 15 is 0 Å². The molecule has 0 aliphatic rings. The van der Waals surface area contributed by atoms with Gasteiger partial charge in [-0.1, -0.05) is 29.3 Å². The second-order valence-corrected chi connectivity index (χ2v) is 7.08. The van der Waals surface area contributed by atoms with Crippen molar-refractivity contribution in [1.82, 2.24) is 20.4 Å². The van der Waals surface area contributed by atoms with Gasteiger partial charge in [0.15, 0.2) is 5.96 Å². The topological polar surface area (TPSA) is 54.2 Å². The Morgan fingerprint density at radius 2 is 1.96 bits per heavy atom. The SMILES string of the molecule is CCNC(=NCc1c(C)nn(C)c1C)NCCCc1ccc(Cl)cc1Cl.I. The molecule has 0 saturated carbocycles. The Bertz CT molecular complexity index is 774. The van der Waals surface area contributed by atoms with Gasteiger partial charge in [-0.3, -0.25) is 4.68 Å². The molecule has 0 spiro atoms. The van der Waals surface area contributed by atoms with Crippen molar-refractivity contribution in [1.29, 1.82) is 0 Å². The minimum atomic E-state index is 0. The van der Waals surface area contributed by atoms with Crippen LogP contribution >= 0.6 is 47.2 Å². The number of hydrogen-bond donors (Lipinski definition) is 2. The first-order chi connectivity index (χ1) is 12.4. The number of nitrogens with one attached hydrogen (secondary N) is 2. The lowest BCUT2D eigenvalue weighted by molar-refractivity contribution is 0.729. The molecule has 27 heavy (non-hydrogen) atoms. The van der Waals surface area contributed by atoms with Crippen molar-refractivity contribution in [3.05, 3.63) is 50.8 Å². The van der Waals surface area contributed by atoms with Crippen LogP contribution in [-0.2, 0) is 20.0 Å². The second kappa shape index (κ2) is 11.8. The standard InChI is InChI=1S/C19H27Cl2N5.HI/c1-5-22-19(24-12-17-13(2)25-26(4)14(17)3)23-10-6-7-15-8-9-16(20)11-18(15)21;/h8-9,11H,5-7,10,12H2,1-4H3,(H2,22,23,24);1H. The summed E-state index contributed by atoms with van der Waals surface area (Å²) in [6.07, 6.45) is 1.85. The van der Waals surface area contributed by atoms with Gasteiger partial charge in [0.1, 0.15) is 0 Å². The monoisotopic (exact) mass is 523 g/mol. The number of aryl methyl sites for hydroxylation is 3. The van der Waals surface area contributed by atoms with Crippen LogP contribution in [0.2, 0.25) is 10.0 Å². The maximum Gasteiger partial charge on any atom is 0.191 e. The van der Waals surface area contributed by atoms with E-state index in [2.05, 4.69) is 34.6 Å². The minimum absolute atomic E-state index is 0. The summed E-state index contributed by atoms with van der Waals surface area (Å²) >= 11 is 12.2. The van der Waals surface area contributed by atoms with Crippen molar-refractivity contribution in [2.45, 2.75) is 40.2 Å². The van der Waals surface area contributed by atoms with E-state index in [0.717, 1.165) is 53.9 Å². The normalized spacial score (nSPS) is 11.3. The van der Waals surface area contributed by atoms with E-state index in [1.807, 2.05) is 30.8 Å². The molecule has 150 valence electrons. The fourth-order valence-electron chi connectivity index (χ4n) is 2.76. The van der Waals surface area contributed by atoms with Crippen molar-refractivity contribution in [2.75, 3.05) is 13.1 Å². The van der Waals surface area contributed by atoms with Crippen LogP contribution in [0.1, 0.15) is 35.9 Å². The molecular formula is C19H28Cl2IN5. The Hall–Kier alpha value is -0.990. The molecule has 0 aliphatic carbocycles. The van der Waals surface area contributed by atoms with E-state index in [9.17, 15) is 0 Å². The van der Waals surface area contributed by atoms with Crippen LogP contribution in [0.25, 0.3) is 0 Å². The largest absolute Gasteiger partial charge is 0.357 e. The zero-order valence-corrected chi connectivity index (χ0v) is 20.1. The highest BCUT2D eigenvalue weighted by Crippen LogP contribution is 2.21. The van der Waals surface area contributed by atoms with Crippen molar-refractivity contribution in [3.63, 3.8) is 0 Å². The van der Waals surface area contributed by atoms with Crippen LogP contribution in [0.5, 0.6) is 0 Å². The summed E-state index contributed by atoms with van der Waals surface area (Å²) in [5.41, 5.74) is 4.47. The molecule has 2 aromatic rings. The summed E-state index contributed by atoms with van der Waals surface area (Å²) in [5, 5.41) is 12.5. The first-order valence-electron chi connectivity index (χ1n) is 8.87. The number of rotatable bonds is 7. The van der Waals surface area contributed by atoms with E-state index < -0.39 is 0 Å². The summed E-state index contributed by atoms with van der Waals surface area (Å²) in [7, 11) is 1.96. The van der Waals surface area contributed by atoms with E-state index in [0.29, 0.717) is 11.6 Å². The first kappa shape index (κ1) is 24.0. The highest BCUT2D eigenvalue weighted by atomic mass is 127. The third kappa shape index (κ3) is 7.16. The molecule has 1 aromatic heterocycles. The first-order valence-corrected chi connectivity index (χ1v) is 9.63. The summed E-state index contributed by atoms with van der Waals surface area (Å²) in [5.74, 6) is 0.817. The van der Waals surface area contributed by atoms with Gasteiger partial charge >= 0.3 is 0 Å². The molecule has 5 nitrogen and oxygen atoms in total. The number of aliphatic imine (C=N–C) groups is 1. The molecule has 0 atom stereocenters. The van der Waals surface area contributed by atoms with Crippen LogP contribution in [0.3, 0.4) is 0 Å². The van der Waals surface area contributed by atoms with Crippen LogP contribution in [-0.4, -0.2) is 28.8 Å². The average Bonchev–Trinajstić information content (AvgIpc) is 2.83. The molecule has 1 heterocycles. The summed E-state index contributed by atoms with van der Waals surface area (Å²) in [6, 6.07) is 5.65. The smallest absolute Gasteiger partial charge is 0.191 e. The molecule has 0 amide bonds. The maximum atomic E-state index is 6.22. The van der Waals surface area contributed by atoms with Crippen molar-refractivity contribution in [3.8, 4) is 0 Å². The third-order valence-corrected chi connectivity index (χ3v) is 4.92. The van der Waals surface area contributed by atoms with E-state index in [-0.39, 0.29) is 24.0 Å². The zero-order chi connectivity index (χ0) is 19.1. The number of hydrogen-bond acceptors (Lipinski definition) is 2. The molecule has 1 aromatic carbocycles. The molecular weight excluding hydrogens is 496 g/mol. The molecule has 0 aliphatic heterocycles. The fraction of sp³-hybridized carbons (Fsp3) is 0.474. The van der Waals surface area contributed by atoms with Gasteiger partial charge in [-0.15, -0.1) is 24.0 Å². The van der Waals surface area contributed by atoms with Crippen LogP contribution in [0.4, 0.5) is 0 Å². The maximum absolute atomic E-state index is 6.22. The number of benzene rings is 1. The lowest BCUT2D eigenvalue weighted by Crippen LogP contribution is -2.37. The Morgan fingerprint density at radius 1 is 1.22 bits per heavy atom. The highest BCUT2D eigenvalue weighted by Gasteiger charge is 2.09. The van der Waals surface area contributed by atoms with E-state index in [4.69, 9.17) is 23.2 Å². The molecule has 0 fully saturated rings. The molecule has 8 heteroatoms. The van der Waals surface area contributed by atoms with Gasteiger partial charge in [-0.25, -0.2) is 4.99 Å². The zero-order valence-electron chi connectivity index (χ0n) is 16.3. The van der Waals surface area contributed by atoms with E-state index in [1.54, 1.807) is 6.07 Å². The Morgan fingerprint density at radius 3 is 2.56 bits per heavy atom. The quantitative estimate of drug-likeness (QED) is 0.240. The van der Waals surface area contributed by atoms with Gasteiger partial charge in [-0.05, 0) is 51.3 Å². The number of nitrogens with zero attached hydrogens (tertiary/aromatic N) is 3. The van der Waals surface area contributed by atoms with E-state index in [1.165, 1.54) is 5.56 Å². The summed E-state index contributed by atoms with van der Waals surface area (Å²) < 4.78 is 1.90. The minimum Gasteiger partial charge on any atom is -0.357 e. The molecule has 2 rings (SSSR count). The van der Waals surface area contributed by atoms with Gasteiger partial charge in [0, 0.05) is 41.4 Å². The van der Waals surface area contributed by atoms with Crippen molar-refractivity contribution < 1.29 is 0 Å².